The minimum atomic E-state index is -4.61. The Balaban J connectivity index is 1.15. The quantitative estimate of drug-likeness (QED) is 0.0655. The van der Waals surface area contributed by atoms with Crippen LogP contribution in [0.2, 0.25) is 10.6 Å². The molecule has 4 aromatic carbocycles. The minimum absolute atomic E-state index is 0.0169. The van der Waals surface area contributed by atoms with Crippen molar-refractivity contribution in [3.63, 3.8) is 0 Å². The van der Waals surface area contributed by atoms with E-state index in [1.54, 1.807) is 42.5 Å². The zero-order valence-corrected chi connectivity index (χ0v) is 26.9. The molecule has 0 atom stereocenters. The van der Waals surface area contributed by atoms with E-state index < -0.39 is 10.1 Å². The molecule has 0 radical (unpaired) electrons. The van der Waals surface area contributed by atoms with Crippen molar-refractivity contribution in [1.29, 1.82) is 0 Å². The normalized spacial score (nSPS) is 11.3. The number of aromatic nitrogens is 6. The lowest BCUT2D eigenvalue weighted by Gasteiger charge is -2.10. The summed E-state index contributed by atoms with van der Waals surface area (Å²) in [6.07, 6.45) is 3.28. The van der Waals surface area contributed by atoms with Crippen LogP contribution < -0.4 is 21.3 Å². The summed E-state index contributed by atoms with van der Waals surface area (Å²) in [4.78, 5) is 24.7. The third kappa shape index (κ3) is 8.77. The van der Waals surface area contributed by atoms with Crippen LogP contribution in [0.5, 0.6) is 0 Å². The van der Waals surface area contributed by atoms with Gasteiger partial charge in [-0.3, -0.25) is 4.55 Å². The Morgan fingerprint density at radius 1 is 0.521 bits per heavy atom. The van der Waals surface area contributed by atoms with Gasteiger partial charge >= 0.3 is 0 Å². The number of nitrogens with zero attached hydrogens (tertiary/aromatic N) is 6. The lowest BCUT2D eigenvalue weighted by Crippen LogP contribution is -2.06. The van der Waals surface area contributed by atoms with Gasteiger partial charge in [0.1, 0.15) is 4.90 Å². The van der Waals surface area contributed by atoms with E-state index >= 15 is 0 Å². The number of benzene rings is 4. The highest BCUT2D eigenvalue weighted by atomic mass is 35.5. The molecule has 0 fully saturated rings. The van der Waals surface area contributed by atoms with Crippen molar-refractivity contribution in [2.75, 3.05) is 21.3 Å². The minimum Gasteiger partial charge on any atom is -0.324 e. The van der Waals surface area contributed by atoms with Crippen LogP contribution in [0.3, 0.4) is 0 Å². The summed E-state index contributed by atoms with van der Waals surface area (Å²) in [6, 6.07) is 30.2. The van der Waals surface area contributed by atoms with Gasteiger partial charge in [0.2, 0.25) is 34.4 Å². The topological polar surface area (TPSA) is 180 Å². The number of halogens is 2. The van der Waals surface area contributed by atoms with Crippen LogP contribution in [-0.2, 0) is 10.1 Å². The van der Waals surface area contributed by atoms with Crippen LogP contribution in [0.4, 0.5) is 46.5 Å². The van der Waals surface area contributed by atoms with Crippen molar-refractivity contribution in [2.24, 2.45) is 0 Å². The van der Waals surface area contributed by atoms with Crippen molar-refractivity contribution in [3.05, 3.63) is 125 Å². The molecule has 13 nitrogen and oxygen atoms in total. The van der Waals surface area contributed by atoms with Gasteiger partial charge in [0.05, 0.1) is 0 Å². The van der Waals surface area contributed by atoms with Gasteiger partial charge in [0.15, 0.2) is 0 Å². The zero-order valence-electron chi connectivity index (χ0n) is 24.6. The van der Waals surface area contributed by atoms with Crippen molar-refractivity contribution >= 4 is 92.0 Å². The van der Waals surface area contributed by atoms with E-state index in [0.717, 1.165) is 16.9 Å². The molecule has 0 saturated heterocycles. The molecule has 2 aromatic heterocycles. The highest BCUT2D eigenvalue weighted by Crippen LogP contribution is 2.26. The number of nitrogens with one attached hydrogen (secondary N) is 4. The number of hydrogen-bond acceptors (Lipinski definition) is 12. The summed E-state index contributed by atoms with van der Waals surface area (Å²) in [7, 11) is -4.61. The molecule has 240 valence electrons. The van der Waals surface area contributed by atoms with Gasteiger partial charge < -0.3 is 21.3 Å². The lowest BCUT2D eigenvalue weighted by atomic mass is 10.1. The first-order chi connectivity index (χ1) is 23.2. The van der Waals surface area contributed by atoms with E-state index in [1.165, 1.54) is 12.1 Å². The van der Waals surface area contributed by atoms with Crippen molar-refractivity contribution in [2.45, 2.75) is 4.90 Å². The second kappa shape index (κ2) is 14.4. The number of para-hydroxylation sites is 2. The molecule has 0 aliphatic heterocycles. The molecule has 16 heteroatoms. The van der Waals surface area contributed by atoms with E-state index in [0.29, 0.717) is 11.4 Å². The Hall–Kier alpha value is -5.67. The van der Waals surface area contributed by atoms with E-state index in [9.17, 15) is 13.0 Å². The first kappa shape index (κ1) is 32.3. The number of hydrogen-bond donors (Lipinski definition) is 5. The predicted molar refractivity (Wildman–Crippen MR) is 187 cm³/mol. The highest BCUT2D eigenvalue weighted by Gasteiger charge is 2.16. The van der Waals surface area contributed by atoms with Gasteiger partial charge in [-0.1, -0.05) is 66.7 Å². The maximum atomic E-state index is 12.3. The molecule has 0 aliphatic carbocycles. The van der Waals surface area contributed by atoms with Crippen molar-refractivity contribution in [3.8, 4) is 0 Å². The van der Waals surface area contributed by atoms with Crippen LogP contribution >= 0.6 is 23.2 Å². The molecule has 0 aliphatic rings. The van der Waals surface area contributed by atoms with Gasteiger partial charge in [-0.15, -0.1) is 0 Å². The largest absolute Gasteiger partial charge is 0.324 e. The summed E-state index contributed by atoms with van der Waals surface area (Å²) in [5.74, 6) is 0.767. The monoisotopic (exact) mass is 698 g/mol. The zero-order chi connectivity index (χ0) is 33.5. The van der Waals surface area contributed by atoms with Gasteiger partial charge in [0, 0.05) is 22.7 Å². The van der Waals surface area contributed by atoms with Gasteiger partial charge in [0.25, 0.3) is 10.1 Å². The first-order valence-electron chi connectivity index (χ1n) is 14.1. The van der Waals surface area contributed by atoms with E-state index in [4.69, 9.17) is 23.2 Å². The Kier molecular flexibility index (Phi) is 9.68. The molecule has 0 amide bonds. The Morgan fingerprint density at radius 2 is 0.938 bits per heavy atom. The Morgan fingerprint density at radius 3 is 1.40 bits per heavy atom. The average molecular weight is 700 g/mol. The number of rotatable bonds is 11. The van der Waals surface area contributed by atoms with Crippen LogP contribution in [0.1, 0.15) is 11.1 Å². The fraction of sp³-hybridized carbons (Fsp3) is 0. The molecule has 2 heterocycles. The second-order valence-corrected chi connectivity index (χ2v) is 12.0. The summed E-state index contributed by atoms with van der Waals surface area (Å²) >= 11 is 12.2. The second-order valence-electron chi connectivity index (χ2n) is 9.92. The molecular weight excluding hydrogens is 675 g/mol. The fourth-order valence-corrected chi connectivity index (χ4v) is 5.35. The summed E-state index contributed by atoms with van der Waals surface area (Å²) in [5.41, 5.74) is 3.51. The van der Waals surface area contributed by atoms with Crippen LogP contribution in [0.15, 0.2) is 108 Å². The molecule has 0 unspecified atom stereocenters. The third-order valence-corrected chi connectivity index (χ3v) is 7.69. The molecular formula is C32H24Cl2N10O3S. The number of anilines is 8. The third-order valence-electron chi connectivity index (χ3n) is 6.45. The standard InChI is InChI=1S/C32H24Cl2N10O3S/c33-27-39-29(35-22-7-3-1-4-8-22)43-31(41-27)37-24-16-12-20(13-17-24)11-14-21-15-18-25(19-26(21)48(45,46)47)38-32-42-28(34)40-30(44-32)36-23-9-5-2-6-10-23/h1-19H,(H,45,46,47)(H2,35,37,39,41,43)(H2,36,38,40,42,44)/b14-11+. The molecule has 6 rings (SSSR count). The summed E-state index contributed by atoms with van der Waals surface area (Å²) in [6.45, 7) is 0. The van der Waals surface area contributed by atoms with E-state index in [-0.39, 0.29) is 44.8 Å². The van der Waals surface area contributed by atoms with Crippen LogP contribution in [0.25, 0.3) is 12.2 Å². The first-order valence-corrected chi connectivity index (χ1v) is 16.3. The Bertz CT molecular complexity index is 2190. The summed E-state index contributed by atoms with van der Waals surface area (Å²) in [5, 5.41) is 12.0. The average Bonchev–Trinajstić information content (AvgIpc) is 3.05. The molecule has 0 spiro atoms. The Labute approximate surface area is 285 Å². The lowest BCUT2D eigenvalue weighted by molar-refractivity contribution is 0.483. The van der Waals surface area contributed by atoms with Crippen molar-refractivity contribution in [1.82, 2.24) is 29.9 Å². The van der Waals surface area contributed by atoms with Gasteiger partial charge in [-0.05, 0) is 82.9 Å². The van der Waals surface area contributed by atoms with E-state index in [1.807, 2.05) is 60.7 Å². The molecule has 0 saturated carbocycles. The van der Waals surface area contributed by atoms with Crippen LogP contribution in [0, 0.1) is 0 Å². The predicted octanol–water partition coefficient (Wildman–Crippen LogP) is 7.75. The highest BCUT2D eigenvalue weighted by molar-refractivity contribution is 7.86. The maximum Gasteiger partial charge on any atom is 0.295 e. The van der Waals surface area contributed by atoms with Gasteiger partial charge in [-0.25, -0.2) is 0 Å². The van der Waals surface area contributed by atoms with Crippen LogP contribution in [-0.4, -0.2) is 42.9 Å². The van der Waals surface area contributed by atoms with E-state index in [2.05, 4.69) is 51.2 Å². The molecule has 48 heavy (non-hydrogen) atoms. The smallest absolute Gasteiger partial charge is 0.295 e. The molecule has 0 bridgehead atoms. The van der Waals surface area contributed by atoms with Gasteiger partial charge in [-0.2, -0.15) is 38.3 Å². The summed E-state index contributed by atoms with van der Waals surface area (Å²) < 4.78 is 34.7. The molecule has 6 aromatic rings. The van der Waals surface area contributed by atoms with Crippen molar-refractivity contribution < 1.29 is 13.0 Å². The maximum absolute atomic E-state index is 12.3. The SMILES string of the molecule is O=S(=O)(O)c1cc(Nc2nc(Cl)nc(Nc3ccccc3)n2)ccc1/C=C/c1ccc(Nc2nc(Cl)nc(Nc3ccccc3)n2)cc1. The fourth-order valence-electron chi connectivity index (χ4n) is 4.32. The molecule has 5 N–H and O–H groups in total.